The van der Waals surface area contributed by atoms with E-state index in [1.54, 1.807) is 26.4 Å². The number of carbonyl (C=O) groups is 1. The Balaban J connectivity index is 0. The highest BCUT2D eigenvalue weighted by molar-refractivity contribution is 6.67. The molecule has 0 spiro atoms. The number of ether oxygens (including phenoxy) is 1. The third-order valence-electron chi connectivity index (χ3n) is 1.28. The highest BCUT2D eigenvalue weighted by Gasteiger charge is 1.97. The van der Waals surface area contributed by atoms with Crippen LogP contribution in [0, 0.1) is 6.92 Å². The lowest BCUT2D eigenvalue weighted by atomic mass is 10.2. The largest absolute Gasteiger partial charge is 0.388 e. The van der Waals surface area contributed by atoms with E-state index in [0.717, 1.165) is 5.56 Å². The lowest BCUT2D eigenvalue weighted by molar-refractivity contribution is 0.108. The lowest BCUT2D eigenvalue weighted by Gasteiger charge is -1.92. The molecule has 0 aliphatic heterocycles. The van der Waals surface area contributed by atoms with Crippen LogP contribution in [-0.2, 0) is 4.74 Å². The van der Waals surface area contributed by atoms with Crippen molar-refractivity contribution in [3.05, 3.63) is 35.4 Å². The molecule has 0 bridgehead atoms. The van der Waals surface area contributed by atoms with Crippen LogP contribution in [0.5, 0.6) is 0 Å². The summed E-state index contributed by atoms with van der Waals surface area (Å²) >= 11 is 5.22. The van der Waals surface area contributed by atoms with Gasteiger partial charge in [-0.15, -0.1) is 0 Å². The summed E-state index contributed by atoms with van der Waals surface area (Å²) in [6.07, 6.45) is 1.25. The number of rotatable bonds is 1. The number of benzene rings is 1. The van der Waals surface area contributed by atoms with E-state index in [4.69, 9.17) is 11.6 Å². The smallest absolute Gasteiger partial charge is 0.252 e. The Hall–Kier alpha value is -0.860. The zero-order chi connectivity index (χ0) is 13.0. The second-order valence-corrected chi connectivity index (χ2v) is 3.60. The van der Waals surface area contributed by atoms with Crippen molar-refractivity contribution in [2.24, 2.45) is 0 Å². The zero-order valence-electron chi connectivity index (χ0n) is 10.7. The second-order valence-electron chi connectivity index (χ2n) is 3.26. The monoisotopic (exact) mass is 244 g/mol. The van der Waals surface area contributed by atoms with Crippen molar-refractivity contribution in [1.82, 2.24) is 0 Å². The van der Waals surface area contributed by atoms with Crippen molar-refractivity contribution in [3.8, 4) is 0 Å². The highest BCUT2D eigenvalue weighted by Crippen LogP contribution is 2.05. The van der Waals surface area contributed by atoms with Crippen LogP contribution in [0.15, 0.2) is 24.3 Å². The first-order valence-corrected chi connectivity index (χ1v) is 5.57. The van der Waals surface area contributed by atoms with Crippen LogP contribution in [0.2, 0.25) is 0 Å². The van der Waals surface area contributed by atoms with Gasteiger partial charge < -0.3 is 4.74 Å². The van der Waals surface area contributed by atoms with E-state index in [1.165, 1.54) is 6.42 Å². The first-order valence-electron chi connectivity index (χ1n) is 5.20. The summed E-state index contributed by atoms with van der Waals surface area (Å²) in [6, 6.07) is 7.14. The van der Waals surface area contributed by atoms with Crippen molar-refractivity contribution >= 4 is 16.8 Å². The van der Waals surface area contributed by atoms with Crippen molar-refractivity contribution in [3.63, 3.8) is 0 Å². The van der Waals surface area contributed by atoms with Gasteiger partial charge in [0, 0.05) is 19.8 Å². The molecule has 16 heavy (non-hydrogen) atoms. The standard InChI is InChI=1S/C8H7ClO.C3H8.C2H6O/c1-6-2-4-7(5-3-6)8(9)10;2*1-3-2/h2-5H,1H3;3H2,1-2H3;1-2H3. The second kappa shape index (κ2) is 12.2. The molecule has 92 valence electrons. The maximum atomic E-state index is 10.5. The minimum absolute atomic E-state index is 0.403. The van der Waals surface area contributed by atoms with Crippen LogP contribution >= 0.6 is 11.6 Å². The molecule has 3 heteroatoms. The number of hydrogen-bond donors (Lipinski definition) is 0. The van der Waals surface area contributed by atoms with E-state index >= 15 is 0 Å². The first kappa shape index (κ1) is 17.5. The van der Waals surface area contributed by atoms with Gasteiger partial charge in [0.2, 0.25) is 0 Å². The van der Waals surface area contributed by atoms with Crippen molar-refractivity contribution in [1.29, 1.82) is 0 Å². The molecule has 0 N–H and O–H groups in total. The summed E-state index contributed by atoms with van der Waals surface area (Å²) in [5.41, 5.74) is 1.67. The molecule has 0 unspecified atom stereocenters. The highest BCUT2D eigenvalue weighted by atomic mass is 35.5. The molecule has 0 amide bonds. The summed E-state index contributed by atoms with van der Waals surface area (Å²) in [6.45, 7) is 6.21. The molecule has 0 heterocycles. The number of methoxy groups -OCH3 is 1. The Morgan fingerprint density at radius 1 is 1.19 bits per heavy atom. The topological polar surface area (TPSA) is 26.3 Å². The van der Waals surface area contributed by atoms with Gasteiger partial charge in [-0.25, -0.2) is 0 Å². The van der Waals surface area contributed by atoms with E-state index in [9.17, 15) is 4.79 Å². The third-order valence-corrected chi connectivity index (χ3v) is 1.50. The van der Waals surface area contributed by atoms with E-state index < -0.39 is 5.24 Å². The molecule has 2 nitrogen and oxygen atoms in total. The molecular weight excluding hydrogens is 224 g/mol. The fraction of sp³-hybridized carbons (Fsp3) is 0.462. The SMILES string of the molecule is CCC.COC.Cc1ccc(C(=O)Cl)cc1. The minimum Gasteiger partial charge on any atom is -0.388 e. The van der Waals surface area contributed by atoms with Crippen molar-refractivity contribution < 1.29 is 9.53 Å². The quantitative estimate of drug-likeness (QED) is 0.697. The van der Waals surface area contributed by atoms with Crippen molar-refractivity contribution in [2.75, 3.05) is 14.2 Å². The molecular formula is C13H21ClO2. The predicted molar refractivity (Wildman–Crippen MR) is 70.3 cm³/mol. The normalized spacial score (nSPS) is 8.12. The summed E-state index contributed by atoms with van der Waals surface area (Å²) in [7, 11) is 3.25. The molecule has 1 aromatic carbocycles. The molecule has 0 atom stereocenters. The molecule has 0 aromatic heterocycles. The fourth-order valence-corrected chi connectivity index (χ4v) is 0.811. The molecule has 0 fully saturated rings. The van der Waals surface area contributed by atoms with Gasteiger partial charge in [-0.05, 0) is 30.7 Å². The maximum Gasteiger partial charge on any atom is 0.252 e. The Morgan fingerprint density at radius 2 is 1.50 bits per heavy atom. The van der Waals surface area contributed by atoms with Gasteiger partial charge in [-0.2, -0.15) is 0 Å². The molecule has 0 radical (unpaired) electrons. The maximum absolute atomic E-state index is 10.5. The predicted octanol–water partition coefficient (Wildman–Crippen LogP) is 4.05. The van der Waals surface area contributed by atoms with Gasteiger partial charge in [0.15, 0.2) is 0 Å². The summed E-state index contributed by atoms with van der Waals surface area (Å²) in [4.78, 5) is 10.5. The van der Waals surface area contributed by atoms with E-state index in [1.807, 2.05) is 19.1 Å². The average Bonchev–Trinajstić information content (AvgIpc) is 2.20. The Kier molecular flexibility index (Phi) is 13.4. The van der Waals surface area contributed by atoms with Crippen LogP contribution in [0.3, 0.4) is 0 Å². The fourth-order valence-electron chi connectivity index (χ4n) is 0.685. The minimum atomic E-state index is -0.403. The van der Waals surface area contributed by atoms with Gasteiger partial charge in [0.25, 0.3) is 5.24 Å². The molecule has 1 aromatic rings. The summed E-state index contributed by atoms with van der Waals surface area (Å²) in [5.74, 6) is 0. The lowest BCUT2D eigenvalue weighted by Crippen LogP contribution is -1.86. The summed E-state index contributed by atoms with van der Waals surface area (Å²) in [5, 5.41) is -0.403. The van der Waals surface area contributed by atoms with E-state index in [2.05, 4.69) is 18.6 Å². The Labute approximate surface area is 104 Å². The number of hydrogen-bond acceptors (Lipinski definition) is 2. The van der Waals surface area contributed by atoms with Crippen LogP contribution in [-0.4, -0.2) is 19.5 Å². The van der Waals surface area contributed by atoms with Crippen LogP contribution in [0.25, 0.3) is 0 Å². The third kappa shape index (κ3) is 11.2. The Morgan fingerprint density at radius 3 is 1.75 bits per heavy atom. The Bertz CT molecular complexity index is 266. The van der Waals surface area contributed by atoms with E-state index in [-0.39, 0.29) is 0 Å². The number of carbonyl (C=O) groups excluding carboxylic acids is 1. The van der Waals surface area contributed by atoms with Crippen molar-refractivity contribution in [2.45, 2.75) is 27.2 Å². The van der Waals surface area contributed by atoms with Gasteiger partial charge in [-0.3, -0.25) is 4.79 Å². The molecule has 1 rings (SSSR count). The molecule has 0 aliphatic carbocycles. The van der Waals surface area contributed by atoms with Crippen LogP contribution in [0.4, 0.5) is 0 Å². The van der Waals surface area contributed by atoms with Gasteiger partial charge >= 0.3 is 0 Å². The van der Waals surface area contributed by atoms with Crippen LogP contribution < -0.4 is 0 Å². The zero-order valence-corrected chi connectivity index (χ0v) is 11.5. The first-order chi connectivity index (χ1) is 7.53. The van der Waals surface area contributed by atoms with Gasteiger partial charge in [-0.1, -0.05) is 38.0 Å². The molecule has 0 saturated carbocycles. The van der Waals surface area contributed by atoms with Crippen LogP contribution in [0.1, 0.15) is 36.2 Å². The van der Waals surface area contributed by atoms with Gasteiger partial charge in [0.05, 0.1) is 0 Å². The van der Waals surface area contributed by atoms with Gasteiger partial charge in [0.1, 0.15) is 0 Å². The molecule has 0 saturated heterocycles. The average molecular weight is 245 g/mol. The van der Waals surface area contributed by atoms with E-state index in [0.29, 0.717) is 5.56 Å². The summed E-state index contributed by atoms with van der Waals surface area (Å²) < 4.78 is 4.25. The molecule has 0 aliphatic rings. The number of halogens is 1. The number of aryl methyl sites for hydroxylation is 1.